The van der Waals surface area contributed by atoms with Gasteiger partial charge in [0.1, 0.15) is 0 Å². The zero-order chi connectivity index (χ0) is 29.8. The molecule has 6 N–H and O–H groups in total. The first-order chi connectivity index (χ1) is 19.3. The fourth-order valence-corrected chi connectivity index (χ4v) is 3.57. The highest BCUT2D eigenvalue weighted by Crippen LogP contribution is 2.14. The van der Waals surface area contributed by atoms with E-state index < -0.39 is 12.2 Å². The van der Waals surface area contributed by atoms with Crippen molar-refractivity contribution in [2.75, 3.05) is 26.3 Å². The molecule has 3 aromatic carbocycles. The molecular formula is C33H43ClN2O4. The third-order valence-electron chi connectivity index (χ3n) is 5.78. The van der Waals surface area contributed by atoms with Crippen LogP contribution in [0.2, 0.25) is 0 Å². The molecule has 0 amide bonds. The molecule has 0 bridgehead atoms. The van der Waals surface area contributed by atoms with E-state index in [0.29, 0.717) is 25.5 Å². The molecule has 0 aliphatic rings. The zero-order valence-electron chi connectivity index (χ0n) is 23.1. The van der Waals surface area contributed by atoms with E-state index in [0.717, 1.165) is 33.4 Å². The van der Waals surface area contributed by atoms with Crippen LogP contribution in [0, 0.1) is 0 Å². The molecule has 0 spiro atoms. The van der Waals surface area contributed by atoms with Crippen LogP contribution < -0.4 is 5.73 Å². The van der Waals surface area contributed by atoms with Crippen molar-refractivity contribution < 1.29 is 20.4 Å². The summed E-state index contributed by atoms with van der Waals surface area (Å²) in [6.45, 7) is 12.7. The highest BCUT2D eigenvalue weighted by molar-refractivity contribution is 6.17. The van der Waals surface area contributed by atoms with E-state index in [-0.39, 0.29) is 19.8 Å². The summed E-state index contributed by atoms with van der Waals surface area (Å²) in [5.41, 5.74) is 11.6. The number of nitrogens with two attached hydrogens (primary N) is 1. The minimum absolute atomic E-state index is 0.135. The van der Waals surface area contributed by atoms with E-state index >= 15 is 0 Å². The molecule has 3 aromatic rings. The lowest BCUT2D eigenvalue weighted by Gasteiger charge is -2.25. The highest BCUT2D eigenvalue weighted by Gasteiger charge is 2.12. The lowest BCUT2D eigenvalue weighted by molar-refractivity contribution is 0.0542. The van der Waals surface area contributed by atoms with Crippen molar-refractivity contribution in [3.8, 4) is 0 Å². The number of hydrogen-bond acceptors (Lipinski definition) is 6. The Morgan fingerprint density at radius 1 is 0.650 bits per heavy atom. The summed E-state index contributed by atoms with van der Waals surface area (Å²) in [4.78, 5) is 2.13. The Hall–Kier alpha value is -3.07. The summed E-state index contributed by atoms with van der Waals surface area (Å²) in [6, 6.07) is 24.4. The van der Waals surface area contributed by atoms with Gasteiger partial charge in [-0.2, -0.15) is 0 Å². The van der Waals surface area contributed by atoms with Crippen LogP contribution in [0.5, 0.6) is 0 Å². The van der Waals surface area contributed by atoms with Crippen LogP contribution in [0.3, 0.4) is 0 Å². The summed E-state index contributed by atoms with van der Waals surface area (Å²) >= 11 is 5.60. The molecule has 0 fully saturated rings. The summed E-state index contributed by atoms with van der Waals surface area (Å²) < 4.78 is 0. The smallest absolute Gasteiger partial charge is 0.0897 e. The van der Waals surface area contributed by atoms with Gasteiger partial charge in [-0.3, -0.25) is 4.90 Å². The number of rotatable bonds is 13. The number of halogens is 1. The second-order valence-electron chi connectivity index (χ2n) is 9.05. The average molecular weight is 567 g/mol. The van der Waals surface area contributed by atoms with Gasteiger partial charge in [-0.25, -0.2) is 0 Å². The first-order valence-electron chi connectivity index (χ1n) is 13.0. The maximum atomic E-state index is 9.83. The van der Waals surface area contributed by atoms with Crippen molar-refractivity contribution in [2.24, 2.45) is 5.73 Å². The molecule has 0 aromatic heterocycles. The van der Waals surface area contributed by atoms with Crippen molar-refractivity contribution in [1.82, 2.24) is 4.90 Å². The largest absolute Gasteiger partial charge is 0.394 e. The van der Waals surface area contributed by atoms with E-state index in [1.54, 1.807) is 0 Å². The van der Waals surface area contributed by atoms with Crippen LogP contribution in [-0.2, 0) is 19.0 Å². The van der Waals surface area contributed by atoms with Crippen molar-refractivity contribution in [3.63, 3.8) is 0 Å². The first-order valence-corrected chi connectivity index (χ1v) is 13.6. The topological polar surface area (TPSA) is 110 Å². The maximum absolute atomic E-state index is 9.83. The molecule has 0 saturated carbocycles. The Balaban J connectivity index is 0.000000409. The van der Waals surface area contributed by atoms with E-state index in [1.165, 1.54) is 0 Å². The number of aliphatic hydroxyl groups is 4. The summed E-state index contributed by atoms with van der Waals surface area (Å²) in [6.07, 6.45) is 3.98. The minimum atomic E-state index is -0.745. The zero-order valence-corrected chi connectivity index (χ0v) is 23.8. The van der Waals surface area contributed by atoms with Gasteiger partial charge in [0.25, 0.3) is 0 Å². The van der Waals surface area contributed by atoms with Crippen molar-refractivity contribution in [3.05, 3.63) is 126 Å². The van der Waals surface area contributed by atoms with Crippen LogP contribution in [-0.4, -0.2) is 63.8 Å². The molecule has 0 aliphatic heterocycles. The Morgan fingerprint density at radius 3 is 1.25 bits per heavy atom. The van der Waals surface area contributed by atoms with Crippen LogP contribution >= 0.6 is 11.6 Å². The van der Waals surface area contributed by atoms with E-state index in [2.05, 4.69) is 48.9 Å². The third kappa shape index (κ3) is 14.4. The minimum Gasteiger partial charge on any atom is -0.394 e. The van der Waals surface area contributed by atoms with Gasteiger partial charge < -0.3 is 26.2 Å². The Labute approximate surface area is 244 Å². The molecule has 7 heteroatoms. The second kappa shape index (κ2) is 20.8. The first kappa shape index (κ1) is 35.0. The van der Waals surface area contributed by atoms with Gasteiger partial charge in [-0.1, -0.05) is 111 Å². The predicted octanol–water partition coefficient (Wildman–Crippen LogP) is 4.69. The summed E-state index contributed by atoms with van der Waals surface area (Å²) in [5, 5.41) is 35.3. The monoisotopic (exact) mass is 566 g/mol. The molecule has 0 radical (unpaired) electrons. The Bertz CT molecular complexity index is 1050. The molecule has 40 heavy (non-hydrogen) atoms. The second-order valence-corrected chi connectivity index (χ2v) is 9.32. The fraction of sp³-hybridized carbons (Fsp3) is 0.273. The molecule has 6 nitrogen and oxygen atoms in total. The summed E-state index contributed by atoms with van der Waals surface area (Å²) in [5.74, 6) is 0.581. The Kier molecular flexibility index (Phi) is 18.2. The maximum Gasteiger partial charge on any atom is 0.0897 e. The molecule has 216 valence electrons. The number of nitrogens with zero attached hydrogens (tertiary/aromatic N) is 1. The summed E-state index contributed by atoms with van der Waals surface area (Å²) in [7, 11) is 0. The number of hydrogen-bond donors (Lipinski definition) is 5. The highest BCUT2D eigenvalue weighted by atomic mass is 35.5. The normalized spacial score (nSPS) is 11.8. The Morgan fingerprint density at radius 2 is 1.00 bits per heavy atom. The van der Waals surface area contributed by atoms with Gasteiger partial charge >= 0.3 is 0 Å². The van der Waals surface area contributed by atoms with Gasteiger partial charge in [-0.05, 0) is 33.4 Å². The van der Waals surface area contributed by atoms with Crippen LogP contribution in [0.15, 0.2) is 92.5 Å². The lowest BCUT2D eigenvalue weighted by atomic mass is 10.1. The van der Waals surface area contributed by atoms with Crippen molar-refractivity contribution in [2.45, 2.75) is 31.2 Å². The van der Waals surface area contributed by atoms with Gasteiger partial charge in [0.15, 0.2) is 0 Å². The average Bonchev–Trinajstić information content (AvgIpc) is 3.01. The molecule has 2 atom stereocenters. The number of benzene rings is 3. The molecule has 0 heterocycles. The van der Waals surface area contributed by atoms with E-state index in [4.69, 9.17) is 32.7 Å². The predicted molar refractivity (Wildman–Crippen MR) is 169 cm³/mol. The van der Waals surface area contributed by atoms with Crippen molar-refractivity contribution in [1.29, 1.82) is 0 Å². The molecule has 3 rings (SSSR count). The number of alkyl halides is 1. The van der Waals surface area contributed by atoms with Crippen LogP contribution in [0.1, 0.15) is 33.4 Å². The molecular weight excluding hydrogens is 524 g/mol. The quantitative estimate of drug-likeness (QED) is 0.192. The molecule has 0 aliphatic carbocycles. The fourth-order valence-electron chi connectivity index (χ4n) is 3.39. The van der Waals surface area contributed by atoms with Gasteiger partial charge in [0.05, 0.1) is 25.4 Å². The lowest BCUT2D eigenvalue weighted by Crippen LogP contribution is -2.33. The SMILES string of the molecule is C=Cc1ccc(CCl)cc1.C=Cc1ccc(CN(Cc2ccc(C=C)cc2)CC(O)CO)cc1.NCC(O)CO. The van der Waals surface area contributed by atoms with Gasteiger partial charge in [0.2, 0.25) is 0 Å². The third-order valence-corrected chi connectivity index (χ3v) is 6.08. The molecule has 0 saturated heterocycles. The van der Waals surface area contributed by atoms with E-state index in [9.17, 15) is 5.11 Å². The van der Waals surface area contributed by atoms with Gasteiger partial charge in [-0.15, -0.1) is 11.6 Å². The van der Waals surface area contributed by atoms with Crippen LogP contribution in [0.25, 0.3) is 18.2 Å². The van der Waals surface area contributed by atoms with Crippen molar-refractivity contribution >= 4 is 29.8 Å². The van der Waals surface area contributed by atoms with E-state index in [1.807, 2.05) is 66.8 Å². The van der Waals surface area contributed by atoms with Crippen LogP contribution in [0.4, 0.5) is 0 Å². The standard InChI is InChI=1S/C21H25NO2.C9H9Cl.C3H9NO2/c1-3-17-5-9-19(10-6-17)13-22(15-21(24)16-23)14-20-11-7-18(4-2)8-12-20;1-2-8-3-5-9(7-10)6-4-8;4-1-3(6)2-5/h3-12,21,23-24H,1-2,13-16H2;2-6H,1,7H2;3,5-6H,1-2,4H2. The van der Waals surface area contributed by atoms with Gasteiger partial charge in [0, 0.05) is 32.1 Å². The number of aliphatic hydroxyl groups excluding tert-OH is 4. The molecule has 2 unspecified atom stereocenters.